The molecule has 6 heterocycles. The number of pyridine rings is 1. The molecule has 6 bridgehead atoms. The number of rotatable bonds is 9. The lowest BCUT2D eigenvalue weighted by molar-refractivity contribution is -0.155. The molecule has 63 heavy (non-hydrogen) atoms. The minimum Gasteiger partial charge on any atom is -0.464 e. The Balaban J connectivity index is 1.22. The SMILES string of the molecule is C=CC(=O)N1CC[C@H](C(=O)N(C)[C@H](C(=O)N[C@H]2Cc3cccc(c3)N3CCc4nc(-c5cccnc5[C@H](C)OC)n(c4C3)CC(C)(C)COC(=O)[C@@H]3CCCN(N3)C2=O)C(C)C)C1. The predicted octanol–water partition coefficient (Wildman–Crippen LogP) is 3.84. The van der Waals surface area contributed by atoms with Crippen molar-refractivity contribution in [2.45, 2.75) is 104 Å². The first kappa shape index (κ1) is 45.4. The Morgan fingerprint density at radius 1 is 1.10 bits per heavy atom. The molecule has 4 aliphatic rings. The van der Waals surface area contributed by atoms with Gasteiger partial charge in [-0.05, 0) is 68.0 Å². The predicted molar refractivity (Wildman–Crippen MR) is 237 cm³/mol. The van der Waals surface area contributed by atoms with E-state index in [2.05, 4.69) is 52.8 Å². The molecule has 1 aromatic carbocycles. The van der Waals surface area contributed by atoms with Crippen LogP contribution in [0.4, 0.5) is 5.69 Å². The van der Waals surface area contributed by atoms with E-state index >= 15 is 0 Å². The van der Waals surface area contributed by atoms with Crippen LogP contribution >= 0.6 is 0 Å². The van der Waals surface area contributed by atoms with Crippen LogP contribution in [0.3, 0.4) is 0 Å². The molecule has 0 aliphatic carbocycles. The van der Waals surface area contributed by atoms with E-state index < -0.39 is 47.2 Å². The van der Waals surface area contributed by atoms with Gasteiger partial charge in [0.05, 0.1) is 42.3 Å². The number of hydrogen-bond donors (Lipinski definition) is 2. The number of carbonyl (C=O) groups excluding carboxylic acids is 5. The Morgan fingerprint density at radius 3 is 2.63 bits per heavy atom. The molecule has 0 unspecified atom stereocenters. The fraction of sp³-hybridized carbons (Fsp3) is 0.553. The number of benzene rings is 1. The Hall–Kier alpha value is -5.61. The fourth-order valence-electron chi connectivity index (χ4n) is 9.41. The number of carbonyl (C=O) groups is 5. The highest BCUT2D eigenvalue weighted by atomic mass is 16.5. The van der Waals surface area contributed by atoms with Crippen molar-refractivity contribution in [2.24, 2.45) is 17.3 Å². The summed E-state index contributed by atoms with van der Waals surface area (Å²) in [5.74, 6) is -1.76. The summed E-state index contributed by atoms with van der Waals surface area (Å²) < 4.78 is 14.0. The number of esters is 1. The molecule has 5 atom stereocenters. The molecule has 2 aromatic heterocycles. The number of amides is 4. The van der Waals surface area contributed by atoms with Gasteiger partial charge in [-0.25, -0.2) is 10.4 Å². The first-order valence-electron chi connectivity index (χ1n) is 22.2. The largest absolute Gasteiger partial charge is 0.464 e. The molecule has 2 N–H and O–H groups in total. The van der Waals surface area contributed by atoms with Gasteiger partial charge in [0.25, 0.3) is 5.91 Å². The Morgan fingerprint density at radius 2 is 1.89 bits per heavy atom. The molecule has 3 aromatic rings. The first-order chi connectivity index (χ1) is 30.1. The number of anilines is 1. The van der Waals surface area contributed by atoms with Crippen molar-refractivity contribution >= 4 is 35.3 Å². The van der Waals surface area contributed by atoms with Crippen LogP contribution in [-0.4, -0.2) is 124 Å². The number of cyclic esters (lactones) is 1. The van der Waals surface area contributed by atoms with Crippen LogP contribution in [0.5, 0.6) is 0 Å². The zero-order chi connectivity index (χ0) is 45.2. The summed E-state index contributed by atoms with van der Waals surface area (Å²) in [6.07, 6.45) is 5.09. The van der Waals surface area contributed by atoms with Crippen molar-refractivity contribution in [1.82, 2.24) is 40.1 Å². The van der Waals surface area contributed by atoms with Gasteiger partial charge in [0, 0.05) is 82.6 Å². The van der Waals surface area contributed by atoms with Crippen LogP contribution in [0.1, 0.15) is 82.6 Å². The lowest BCUT2D eigenvalue weighted by atomic mass is 9.94. The van der Waals surface area contributed by atoms with Crippen molar-refractivity contribution in [1.29, 1.82) is 0 Å². The average Bonchev–Trinajstić information content (AvgIpc) is 3.92. The van der Waals surface area contributed by atoms with Crippen molar-refractivity contribution in [3.05, 3.63) is 77.9 Å². The quantitative estimate of drug-likeness (QED) is 0.237. The lowest BCUT2D eigenvalue weighted by Gasteiger charge is -2.37. The zero-order valence-corrected chi connectivity index (χ0v) is 37.8. The second-order valence-electron chi connectivity index (χ2n) is 18.5. The van der Waals surface area contributed by atoms with Gasteiger partial charge in [0.1, 0.15) is 23.9 Å². The number of hydrogen-bond acceptors (Lipinski definition) is 11. The number of ether oxygens (including phenoxy) is 2. The number of fused-ring (bicyclic) bond motifs is 6. The molecular weight excluding hydrogens is 803 g/mol. The molecule has 4 aliphatic heterocycles. The fourth-order valence-corrected chi connectivity index (χ4v) is 9.41. The molecule has 4 amide bonds. The molecule has 0 spiro atoms. The van der Waals surface area contributed by atoms with Gasteiger partial charge in [-0.3, -0.25) is 34.0 Å². The Kier molecular flexibility index (Phi) is 13.7. The summed E-state index contributed by atoms with van der Waals surface area (Å²) in [5, 5.41) is 4.49. The summed E-state index contributed by atoms with van der Waals surface area (Å²) in [5.41, 5.74) is 8.15. The first-order valence-corrected chi connectivity index (χ1v) is 22.2. The molecular formula is C47H63N9O7. The zero-order valence-electron chi connectivity index (χ0n) is 37.8. The normalized spacial score (nSPS) is 22.4. The monoisotopic (exact) mass is 865 g/mol. The average molecular weight is 866 g/mol. The third-order valence-electron chi connectivity index (χ3n) is 12.9. The number of aromatic nitrogens is 3. The van der Waals surface area contributed by atoms with E-state index in [1.165, 1.54) is 16.0 Å². The summed E-state index contributed by atoms with van der Waals surface area (Å²) in [4.78, 5) is 84.4. The highest BCUT2D eigenvalue weighted by Crippen LogP contribution is 2.35. The number of hydrazine groups is 1. The van der Waals surface area contributed by atoms with Gasteiger partial charge in [0.15, 0.2) is 0 Å². The molecule has 338 valence electrons. The summed E-state index contributed by atoms with van der Waals surface area (Å²) in [6, 6.07) is 9.28. The third-order valence-corrected chi connectivity index (χ3v) is 12.9. The van der Waals surface area contributed by atoms with Crippen LogP contribution in [-0.2, 0) is 59.4 Å². The van der Waals surface area contributed by atoms with Crippen molar-refractivity contribution in [3.63, 3.8) is 0 Å². The van der Waals surface area contributed by atoms with Gasteiger partial charge < -0.3 is 34.1 Å². The number of likely N-dealkylation sites (tertiary alicyclic amines) is 1. The maximum Gasteiger partial charge on any atom is 0.324 e. The van der Waals surface area contributed by atoms with Crippen LogP contribution in [0.15, 0.2) is 55.3 Å². The molecule has 16 heteroatoms. The second kappa shape index (κ2) is 19.0. The molecule has 2 fully saturated rings. The lowest BCUT2D eigenvalue weighted by Crippen LogP contribution is -2.62. The Bertz CT molecular complexity index is 2220. The molecule has 2 saturated heterocycles. The van der Waals surface area contributed by atoms with E-state index in [-0.39, 0.29) is 43.4 Å². The van der Waals surface area contributed by atoms with Crippen molar-refractivity contribution in [2.75, 3.05) is 51.8 Å². The summed E-state index contributed by atoms with van der Waals surface area (Å²) >= 11 is 0. The van der Waals surface area contributed by atoms with Gasteiger partial charge in [-0.2, -0.15) is 0 Å². The van der Waals surface area contributed by atoms with E-state index in [0.29, 0.717) is 58.4 Å². The standard InChI is InChI=1S/C47H63N9O7/c1-9-39(57)54-21-17-32(25-54)44(59)52(7)41(29(2)3)43(58)50-37-24-31-13-10-14-33(23-31)53-22-18-35-38(26-53)55(42(49-35)34-15-11-19-48-40(34)30(4)62-8)27-47(5,6)28-63-46(61)36-16-12-20-56(51-36)45(37)60/h9-11,13-15,19,23,29-30,32,36-37,41,51H,1,12,16-18,20-22,24-28H2,2-8H3,(H,50,58)/t30-,32-,36-,37-,41-/m0/s1. The maximum absolute atomic E-state index is 14.6. The van der Waals surface area contributed by atoms with Gasteiger partial charge in [-0.15, -0.1) is 0 Å². The van der Waals surface area contributed by atoms with Crippen molar-refractivity contribution in [3.8, 4) is 11.4 Å². The number of methoxy groups -OCH3 is 1. The molecule has 7 rings (SSSR count). The van der Waals surface area contributed by atoms with Crippen LogP contribution in [0, 0.1) is 17.3 Å². The smallest absolute Gasteiger partial charge is 0.324 e. The molecule has 0 saturated carbocycles. The minimum atomic E-state index is -1.04. The number of imidazole rings is 1. The van der Waals surface area contributed by atoms with Gasteiger partial charge in [0.2, 0.25) is 17.7 Å². The number of nitrogens with one attached hydrogen (secondary N) is 2. The van der Waals surface area contributed by atoms with Crippen LogP contribution < -0.4 is 15.6 Å². The molecule has 0 radical (unpaired) electrons. The van der Waals surface area contributed by atoms with E-state index in [1.54, 1.807) is 25.3 Å². The van der Waals surface area contributed by atoms with Gasteiger partial charge >= 0.3 is 5.97 Å². The maximum atomic E-state index is 14.6. The second-order valence-corrected chi connectivity index (χ2v) is 18.5. The number of likely N-dealkylation sites (N-methyl/N-ethyl adjacent to an activating group) is 1. The van der Waals surface area contributed by atoms with Crippen molar-refractivity contribution < 1.29 is 33.4 Å². The van der Waals surface area contributed by atoms with E-state index in [9.17, 15) is 24.0 Å². The summed E-state index contributed by atoms with van der Waals surface area (Å²) in [6.45, 7) is 16.3. The van der Waals surface area contributed by atoms with Gasteiger partial charge in [-0.1, -0.05) is 46.4 Å². The minimum absolute atomic E-state index is 0.120. The van der Waals surface area contributed by atoms with Crippen LogP contribution in [0.25, 0.3) is 11.4 Å². The topological polar surface area (TPSA) is 172 Å². The van der Waals surface area contributed by atoms with E-state index in [4.69, 9.17) is 19.4 Å². The third kappa shape index (κ3) is 9.81. The van der Waals surface area contributed by atoms with Crippen LogP contribution in [0.2, 0.25) is 0 Å². The van der Waals surface area contributed by atoms with E-state index in [1.807, 2.05) is 45.0 Å². The van der Waals surface area contributed by atoms with E-state index in [0.717, 1.165) is 39.7 Å². The highest BCUT2D eigenvalue weighted by Gasteiger charge is 2.40. The highest BCUT2D eigenvalue weighted by molar-refractivity contribution is 5.93. The summed E-state index contributed by atoms with van der Waals surface area (Å²) in [7, 11) is 3.28. The molecule has 16 nitrogen and oxygen atoms in total. The number of nitrogens with zero attached hydrogens (tertiary/aromatic N) is 7. The Labute approximate surface area is 370 Å².